The molecule has 9 nitrogen and oxygen atoms in total. The Bertz CT molecular complexity index is 860. The lowest BCUT2D eigenvalue weighted by atomic mass is 10.1. The van der Waals surface area contributed by atoms with Crippen molar-refractivity contribution in [1.82, 2.24) is 4.90 Å². The molecule has 27 heavy (non-hydrogen) atoms. The Hall–Kier alpha value is -3.14. The van der Waals surface area contributed by atoms with E-state index < -0.39 is 30.3 Å². The van der Waals surface area contributed by atoms with Gasteiger partial charge in [-0.15, -0.1) is 11.3 Å². The van der Waals surface area contributed by atoms with Gasteiger partial charge in [0, 0.05) is 13.0 Å². The molecule has 0 unspecified atom stereocenters. The van der Waals surface area contributed by atoms with Crippen molar-refractivity contribution in [3.05, 3.63) is 41.2 Å². The predicted octanol–water partition coefficient (Wildman–Crippen LogP) is 0.970. The number of amides is 3. The number of furan rings is 1. The summed E-state index contributed by atoms with van der Waals surface area (Å²) in [7, 11) is 0. The van der Waals surface area contributed by atoms with Gasteiger partial charge in [0.25, 0.3) is 11.8 Å². The van der Waals surface area contributed by atoms with Crippen LogP contribution in [0.1, 0.15) is 22.5 Å². The zero-order chi connectivity index (χ0) is 19.4. The third kappa shape index (κ3) is 4.53. The highest BCUT2D eigenvalue weighted by Gasteiger charge is 2.35. The molecule has 3 N–H and O–H groups in total. The molecule has 142 valence electrons. The van der Waals surface area contributed by atoms with Gasteiger partial charge in [-0.25, -0.2) is 0 Å². The van der Waals surface area contributed by atoms with Crippen molar-refractivity contribution in [2.24, 2.45) is 11.7 Å². The van der Waals surface area contributed by atoms with Crippen LogP contribution >= 0.6 is 11.3 Å². The summed E-state index contributed by atoms with van der Waals surface area (Å²) in [4.78, 5) is 48.8. The van der Waals surface area contributed by atoms with Gasteiger partial charge in [-0.05, 0) is 23.6 Å². The molecule has 0 radical (unpaired) electrons. The van der Waals surface area contributed by atoms with Gasteiger partial charge in [0.1, 0.15) is 10.8 Å². The molecular weight excluding hydrogens is 374 g/mol. The van der Waals surface area contributed by atoms with Crippen LogP contribution in [0.25, 0.3) is 0 Å². The fourth-order valence-electron chi connectivity index (χ4n) is 2.69. The summed E-state index contributed by atoms with van der Waals surface area (Å²) in [6.07, 6.45) is 1.54. The fourth-order valence-corrected chi connectivity index (χ4v) is 3.50. The fraction of sp³-hybridized carbons (Fsp3) is 0.294. The Morgan fingerprint density at radius 1 is 1.37 bits per heavy atom. The molecule has 1 fully saturated rings. The van der Waals surface area contributed by atoms with Crippen molar-refractivity contribution in [3.8, 4) is 0 Å². The first-order chi connectivity index (χ1) is 12.9. The van der Waals surface area contributed by atoms with Gasteiger partial charge < -0.3 is 25.1 Å². The number of nitrogens with zero attached hydrogens (tertiary/aromatic N) is 1. The molecule has 10 heteroatoms. The Kier molecular flexibility index (Phi) is 5.55. The van der Waals surface area contributed by atoms with Crippen LogP contribution in [0.3, 0.4) is 0 Å². The highest BCUT2D eigenvalue weighted by molar-refractivity contribution is 7.14. The van der Waals surface area contributed by atoms with Gasteiger partial charge in [-0.3, -0.25) is 19.2 Å². The summed E-state index contributed by atoms with van der Waals surface area (Å²) < 4.78 is 10.2. The number of esters is 1. The Balaban J connectivity index is 1.47. The largest absolute Gasteiger partial charge is 0.467 e. The van der Waals surface area contributed by atoms with Crippen molar-refractivity contribution in [1.29, 1.82) is 0 Å². The van der Waals surface area contributed by atoms with E-state index in [2.05, 4.69) is 5.32 Å². The van der Waals surface area contributed by atoms with Gasteiger partial charge in [0.05, 0.1) is 24.3 Å². The highest BCUT2D eigenvalue weighted by atomic mass is 32.1. The number of hydrogen-bond acceptors (Lipinski definition) is 7. The molecule has 1 saturated heterocycles. The normalized spacial score (nSPS) is 16.4. The molecule has 3 amide bonds. The summed E-state index contributed by atoms with van der Waals surface area (Å²) in [5.41, 5.74) is 5.39. The van der Waals surface area contributed by atoms with Crippen molar-refractivity contribution < 1.29 is 28.3 Å². The van der Waals surface area contributed by atoms with Crippen molar-refractivity contribution in [2.75, 3.05) is 18.5 Å². The average Bonchev–Trinajstić information content (AvgIpc) is 3.35. The maximum atomic E-state index is 12.1. The van der Waals surface area contributed by atoms with E-state index in [1.165, 1.54) is 17.2 Å². The molecule has 2 aromatic heterocycles. The van der Waals surface area contributed by atoms with Crippen LogP contribution in [0.2, 0.25) is 0 Å². The lowest BCUT2D eigenvalue weighted by Crippen LogP contribution is -2.28. The van der Waals surface area contributed by atoms with Crippen LogP contribution in [0.5, 0.6) is 0 Å². The molecule has 2 aromatic rings. The van der Waals surface area contributed by atoms with Gasteiger partial charge >= 0.3 is 5.97 Å². The molecule has 3 heterocycles. The Labute approximate surface area is 158 Å². The Morgan fingerprint density at radius 3 is 2.89 bits per heavy atom. The SMILES string of the molecule is NC(=O)c1ccsc1NC(=O)COC(=O)[C@@H]1CC(=O)N(Cc2ccco2)C1. The van der Waals surface area contributed by atoms with Gasteiger partial charge in [-0.2, -0.15) is 0 Å². The van der Waals surface area contributed by atoms with Crippen LogP contribution in [0.4, 0.5) is 5.00 Å². The first kappa shape index (κ1) is 18.6. The minimum Gasteiger partial charge on any atom is -0.467 e. The van der Waals surface area contributed by atoms with Crippen LogP contribution in [0.15, 0.2) is 34.3 Å². The zero-order valence-electron chi connectivity index (χ0n) is 14.2. The van der Waals surface area contributed by atoms with Crippen molar-refractivity contribution in [3.63, 3.8) is 0 Å². The molecule has 0 aliphatic carbocycles. The van der Waals surface area contributed by atoms with Gasteiger partial charge in [0.15, 0.2) is 6.61 Å². The van der Waals surface area contributed by atoms with E-state index in [0.717, 1.165) is 11.3 Å². The van der Waals surface area contributed by atoms with Crippen LogP contribution < -0.4 is 11.1 Å². The average molecular weight is 391 g/mol. The summed E-state index contributed by atoms with van der Waals surface area (Å²) in [6, 6.07) is 4.96. The molecule has 0 spiro atoms. The minimum absolute atomic E-state index is 0.0257. The standard InChI is InChI=1S/C17H17N3O6S/c18-15(23)12-3-5-27-16(12)19-13(21)9-26-17(24)10-6-14(22)20(7-10)8-11-2-1-4-25-11/h1-5,10H,6-9H2,(H2,18,23)(H,19,21)/t10-/m1/s1. The van der Waals surface area contributed by atoms with E-state index >= 15 is 0 Å². The molecule has 1 aliphatic heterocycles. The number of carbonyl (C=O) groups is 4. The first-order valence-electron chi connectivity index (χ1n) is 8.08. The van der Waals surface area contributed by atoms with Gasteiger partial charge in [0.2, 0.25) is 5.91 Å². The number of thiophene rings is 1. The van der Waals surface area contributed by atoms with E-state index in [1.807, 2.05) is 0 Å². The van der Waals surface area contributed by atoms with Crippen LogP contribution in [0, 0.1) is 5.92 Å². The van der Waals surface area contributed by atoms with Crippen LogP contribution in [-0.2, 0) is 25.7 Å². The number of nitrogens with two attached hydrogens (primary N) is 1. The first-order valence-corrected chi connectivity index (χ1v) is 8.96. The maximum absolute atomic E-state index is 12.1. The monoisotopic (exact) mass is 391 g/mol. The number of ether oxygens (including phenoxy) is 1. The molecule has 0 bridgehead atoms. The second-order valence-corrected chi connectivity index (χ2v) is 6.85. The number of anilines is 1. The number of carbonyl (C=O) groups excluding carboxylic acids is 4. The molecule has 3 rings (SSSR count). The van der Waals surface area contributed by atoms with Crippen LogP contribution in [-0.4, -0.2) is 41.7 Å². The molecule has 0 saturated carbocycles. The number of nitrogens with one attached hydrogen (secondary N) is 1. The predicted molar refractivity (Wildman–Crippen MR) is 94.7 cm³/mol. The van der Waals surface area contributed by atoms with E-state index in [9.17, 15) is 19.2 Å². The summed E-state index contributed by atoms with van der Waals surface area (Å²) in [5.74, 6) is -2.07. The Morgan fingerprint density at radius 2 is 2.19 bits per heavy atom. The number of hydrogen-bond donors (Lipinski definition) is 2. The zero-order valence-corrected chi connectivity index (χ0v) is 15.0. The lowest BCUT2D eigenvalue weighted by molar-refractivity contribution is -0.151. The van der Waals surface area contributed by atoms with E-state index in [0.29, 0.717) is 10.8 Å². The number of rotatable bonds is 7. The number of likely N-dealkylation sites (tertiary alicyclic amines) is 1. The molecular formula is C17H17N3O6S. The smallest absolute Gasteiger partial charge is 0.311 e. The van der Waals surface area contributed by atoms with Gasteiger partial charge in [-0.1, -0.05) is 0 Å². The molecule has 0 aromatic carbocycles. The maximum Gasteiger partial charge on any atom is 0.311 e. The topological polar surface area (TPSA) is 132 Å². The molecule has 1 atom stereocenters. The third-order valence-electron chi connectivity index (χ3n) is 4.00. The van der Waals surface area contributed by atoms with E-state index in [1.54, 1.807) is 17.5 Å². The van der Waals surface area contributed by atoms with E-state index in [4.69, 9.17) is 14.9 Å². The second kappa shape index (κ2) is 8.04. The summed E-state index contributed by atoms with van der Waals surface area (Å²) >= 11 is 1.13. The third-order valence-corrected chi connectivity index (χ3v) is 4.83. The minimum atomic E-state index is -0.662. The van der Waals surface area contributed by atoms with Crippen molar-refractivity contribution >= 4 is 40.0 Å². The highest BCUT2D eigenvalue weighted by Crippen LogP contribution is 2.23. The molecule has 1 aliphatic rings. The van der Waals surface area contributed by atoms with Crippen molar-refractivity contribution in [2.45, 2.75) is 13.0 Å². The second-order valence-electron chi connectivity index (χ2n) is 5.94. The quantitative estimate of drug-likeness (QED) is 0.676. The van der Waals surface area contributed by atoms with E-state index in [-0.39, 0.29) is 31.0 Å². The summed E-state index contributed by atoms with van der Waals surface area (Å²) in [5, 5.41) is 4.38. The summed E-state index contributed by atoms with van der Waals surface area (Å²) in [6.45, 7) is -0.0289. The lowest BCUT2D eigenvalue weighted by Gasteiger charge is -2.14. The number of primary amides is 1.